The van der Waals surface area contributed by atoms with Gasteiger partial charge in [-0.1, -0.05) is 11.6 Å². The molecule has 0 saturated heterocycles. The summed E-state index contributed by atoms with van der Waals surface area (Å²) in [5.41, 5.74) is 6.52. The van der Waals surface area contributed by atoms with Gasteiger partial charge in [-0.2, -0.15) is 0 Å². The Balaban J connectivity index is 2.20. The maximum absolute atomic E-state index is 12.8. The Labute approximate surface area is 131 Å². The second-order valence-corrected chi connectivity index (χ2v) is 5.94. The van der Waals surface area contributed by atoms with Gasteiger partial charge in [0, 0.05) is 23.7 Å². The molecule has 1 aromatic carbocycles. The lowest BCUT2D eigenvalue weighted by Gasteiger charge is -2.35. The summed E-state index contributed by atoms with van der Waals surface area (Å²) in [4.78, 5) is 14.7. The standard InChI is InChI=1S/C16H23ClN2O2/c1-3-19(13-7-5-12(18)6-8-13)16(20)14-9-4-11(17)10-15(14)21-2/h4,9-10,12-13H,3,5-8,18H2,1-2H3. The van der Waals surface area contributed by atoms with Crippen LogP contribution in [0.1, 0.15) is 43.0 Å². The Morgan fingerprint density at radius 1 is 1.38 bits per heavy atom. The monoisotopic (exact) mass is 310 g/mol. The van der Waals surface area contributed by atoms with Crippen LogP contribution in [0.4, 0.5) is 0 Å². The minimum Gasteiger partial charge on any atom is -0.496 e. The van der Waals surface area contributed by atoms with Gasteiger partial charge >= 0.3 is 0 Å². The van der Waals surface area contributed by atoms with E-state index in [1.165, 1.54) is 0 Å². The van der Waals surface area contributed by atoms with E-state index in [0.717, 1.165) is 25.7 Å². The third kappa shape index (κ3) is 3.69. The molecule has 1 saturated carbocycles. The maximum atomic E-state index is 12.8. The molecule has 0 atom stereocenters. The quantitative estimate of drug-likeness (QED) is 0.930. The van der Waals surface area contributed by atoms with Gasteiger partial charge in [-0.25, -0.2) is 0 Å². The molecule has 4 nitrogen and oxygen atoms in total. The highest BCUT2D eigenvalue weighted by Crippen LogP contribution is 2.28. The molecule has 0 spiro atoms. The number of rotatable bonds is 4. The average Bonchev–Trinajstić information content (AvgIpc) is 2.49. The number of methoxy groups -OCH3 is 1. The number of carbonyl (C=O) groups is 1. The van der Waals surface area contributed by atoms with Gasteiger partial charge in [0.15, 0.2) is 0 Å². The zero-order chi connectivity index (χ0) is 15.4. The van der Waals surface area contributed by atoms with Crippen LogP contribution in [0.2, 0.25) is 5.02 Å². The molecule has 1 amide bonds. The molecule has 1 aliphatic carbocycles. The van der Waals surface area contributed by atoms with Gasteiger partial charge in [0.1, 0.15) is 5.75 Å². The second kappa shape index (κ2) is 7.14. The van der Waals surface area contributed by atoms with Crippen molar-refractivity contribution in [2.45, 2.75) is 44.7 Å². The Morgan fingerprint density at radius 2 is 2.05 bits per heavy atom. The summed E-state index contributed by atoms with van der Waals surface area (Å²) in [5.74, 6) is 0.532. The van der Waals surface area contributed by atoms with E-state index in [0.29, 0.717) is 22.9 Å². The van der Waals surface area contributed by atoms with E-state index in [-0.39, 0.29) is 18.0 Å². The van der Waals surface area contributed by atoms with E-state index >= 15 is 0 Å². The van der Waals surface area contributed by atoms with Crippen LogP contribution in [0.3, 0.4) is 0 Å². The summed E-state index contributed by atoms with van der Waals surface area (Å²) >= 11 is 5.96. The summed E-state index contributed by atoms with van der Waals surface area (Å²) in [6.45, 7) is 2.69. The van der Waals surface area contributed by atoms with Gasteiger partial charge < -0.3 is 15.4 Å². The minimum atomic E-state index is 0.00601. The number of amides is 1. The molecule has 2 N–H and O–H groups in total. The van der Waals surface area contributed by atoms with Crippen molar-refractivity contribution in [2.75, 3.05) is 13.7 Å². The lowest BCUT2D eigenvalue weighted by molar-refractivity contribution is 0.0637. The fraction of sp³-hybridized carbons (Fsp3) is 0.562. The molecular formula is C16H23ClN2O2. The van der Waals surface area contributed by atoms with Crippen LogP contribution in [0, 0.1) is 0 Å². The summed E-state index contributed by atoms with van der Waals surface area (Å²) < 4.78 is 5.29. The number of benzene rings is 1. The molecule has 1 aliphatic rings. The predicted octanol–water partition coefficient (Wildman–Crippen LogP) is 3.08. The molecule has 1 fully saturated rings. The SMILES string of the molecule is CCN(C(=O)c1ccc(Cl)cc1OC)C1CCC(N)CC1. The number of hydrogen-bond acceptors (Lipinski definition) is 3. The Hall–Kier alpha value is -1.26. The summed E-state index contributed by atoms with van der Waals surface area (Å²) in [7, 11) is 1.55. The van der Waals surface area contributed by atoms with E-state index in [4.69, 9.17) is 22.1 Å². The van der Waals surface area contributed by atoms with Crippen LogP contribution in [0.15, 0.2) is 18.2 Å². The molecule has 116 valence electrons. The molecule has 0 aromatic heterocycles. The highest BCUT2D eigenvalue weighted by Gasteiger charge is 2.28. The highest BCUT2D eigenvalue weighted by atomic mass is 35.5. The molecule has 0 heterocycles. The second-order valence-electron chi connectivity index (χ2n) is 5.50. The number of hydrogen-bond donors (Lipinski definition) is 1. The smallest absolute Gasteiger partial charge is 0.257 e. The van der Waals surface area contributed by atoms with Crippen molar-refractivity contribution in [1.82, 2.24) is 4.90 Å². The van der Waals surface area contributed by atoms with Crippen LogP contribution >= 0.6 is 11.6 Å². The molecule has 0 aliphatic heterocycles. The lowest BCUT2D eigenvalue weighted by atomic mass is 9.90. The molecule has 0 bridgehead atoms. The van der Waals surface area contributed by atoms with Gasteiger partial charge in [0.05, 0.1) is 12.7 Å². The average molecular weight is 311 g/mol. The van der Waals surface area contributed by atoms with Crippen LogP contribution in [-0.4, -0.2) is 36.5 Å². The largest absolute Gasteiger partial charge is 0.496 e. The first-order valence-electron chi connectivity index (χ1n) is 7.46. The zero-order valence-electron chi connectivity index (χ0n) is 12.6. The summed E-state index contributed by atoms with van der Waals surface area (Å²) in [5, 5.41) is 0.565. The molecule has 21 heavy (non-hydrogen) atoms. The van der Waals surface area contributed by atoms with Gasteiger partial charge in [-0.3, -0.25) is 4.79 Å². The van der Waals surface area contributed by atoms with Gasteiger partial charge in [-0.15, -0.1) is 0 Å². The van der Waals surface area contributed by atoms with Gasteiger partial charge in [-0.05, 0) is 50.8 Å². The Bertz CT molecular complexity index is 499. The maximum Gasteiger partial charge on any atom is 0.257 e. The Kier molecular flexibility index (Phi) is 5.48. The van der Waals surface area contributed by atoms with Crippen LogP contribution < -0.4 is 10.5 Å². The summed E-state index contributed by atoms with van der Waals surface area (Å²) in [6, 6.07) is 5.69. The van der Waals surface area contributed by atoms with Crippen molar-refractivity contribution in [3.63, 3.8) is 0 Å². The third-order valence-electron chi connectivity index (χ3n) is 4.18. The lowest BCUT2D eigenvalue weighted by Crippen LogP contribution is -2.44. The van der Waals surface area contributed by atoms with E-state index in [1.807, 2.05) is 11.8 Å². The third-order valence-corrected chi connectivity index (χ3v) is 4.41. The van der Waals surface area contributed by atoms with E-state index in [1.54, 1.807) is 25.3 Å². The molecule has 1 aromatic rings. The van der Waals surface area contributed by atoms with Crippen LogP contribution in [-0.2, 0) is 0 Å². The van der Waals surface area contributed by atoms with Crippen molar-refractivity contribution in [1.29, 1.82) is 0 Å². The first-order valence-corrected chi connectivity index (χ1v) is 7.84. The topological polar surface area (TPSA) is 55.6 Å². The molecule has 5 heteroatoms. The van der Waals surface area contributed by atoms with E-state index < -0.39 is 0 Å². The first-order chi connectivity index (χ1) is 10.1. The van der Waals surface area contributed by atoms with Crippen molar-refractivity contribution in [3.8, 4) is 5.75 Å². The number of nitrogens with zero attached hydrogens (tertiary/aromatic N) is 1. The zero-order valence-corrected chi connectivity index (χ0v) is 13.4. The number of ether oxygens (including phenoxy) is 1. The molecule has 0 radical (unpaired) electrons. The molecule has 0 unspecified atom stereocenters. The first kappa shape index (κ1) is 16.1. The predicted molar refractivity (Wildman–Crippen MR) is 84.9 cm³/mol. The summed E-state index contributed by atoms with van der Waals surface area (Å²) in [6.07, 6.45) is 3.89. The van der Waals surface area contributed by atoms with Crippen LogP contribution in [0.25, 0.3) is 0 Å². The van der Waals surface area contributed by atoms with Gasteiger partial charge in [0.2, 0.25) is 0 Å². The van der Waals surface area contributed by atoms with Crippen LogP contribution in [0.5, 0.6) is 5.75 Å². The fourth-order valence-electron chi connectivity index (χ4n) is 2.98. The number of carbonyl (C=O) groups excluding carboxylic acids is 1. The highest BCUT2D eigenvalue weighted by molar-refractivity contribution is 6.30. The minimum absolute atomic E-state index is 0.00601. The van der Waals surface area contributed by atoms with E-state index in [2.05, 4.69) is 0 Å². The molecule has 2 rings (SSSR count). The van der Waals surface area contributed by atoms with E-state index in [9.17, 15) is 4.79 Å². The van der Waals surface area contributed by atoms with Crippen molar-refractivity contribution in [2.24, 2.45) is 5.73 Å². The normalized spacial score (nSPS) is 21.9. The van der Waals surface area contributed by atoms with Crippen molar-refractivity contribution in [3.05, 3.63) is 28.8 Å². The van der Waals surface area contributed by atoms with Gasteiger partial charge in [0.25, 0.3) is 5.91 Å². The fourth-order valence-corrected chi connectivity index (χ4v) is 3.14. The van der Waals surface area contributed by atoms with Crippen molar-refractivity contribution >= 4 is 17.5 Å². The Morgan fingerprint density at radius 3 is 2.62 bits per heavy atom. The number of halogens is 1. The number of nitrogens with two attached hydrogens (primary N) is 1. The van der Waals surface area contributed by atoms with Crippen molar-refractivity contribution < 1.29 is 9.53 Å². The molecular weight excluding hydrogens is 288 g/mol.